The third-order valence-electron chi connectivity index (χ3n) is 4.08. The van der Waals surface area contributed by atoms with E-state index in [0.717, 1.165) is 13.1 Å². The van der Waals surface area contributed by atoms with Gasteiger partial charge in [-0.2, -0.15) is 0 Å². The van der Waals surface area contributed by atoms with Gasteiger partial charge in [-0.25, -0.2) is 4.39 Å². The number of piperazine rings is 1. The van der Waals surface area contributed by atoms with Gasteiger partial charge in [-0.15, -0.1) is 0 Å². The molecule has 1 heterocycles. The molecule has 0 unspecified atom stereocenters. The van der Waals surface area contributed by atoms with Crippen molar-refractivity contribution in [3.8, 4) is 0 Å². The van der Waals surface area contributed by atoms with Crippen LogP contribution in [-0.2, 0) is 4.79 Å². The number of hydrogen-bond acceptors (Lipinski definition) is 3. The lowest BCUT2D eigenvalue weighted by atomic mass is 10.2. The van der Waals surface area contributed by atoms with Crippen LogP contribution in [-0.4, -0.2) is 61.5 Å². The number of halogens is 1. The molecule has 1 aromatic rings. The van der Waals surface area contributed by atoms with Crippen molar-refractivity contribution in [2.75, 3.05) is 50.7 Å². The second-order valence-corrected chi connectivity index (χ2v) is 5.28. The Morgan fingerprint density at radius 2 is 1.76 bits per heavy atom. The zero-order valence-electron chi connectivity index (χ0n) is 12.9. The Kier molecular flexibility index (Phi) is 5.56. The molecule has 0 aromatic heterocycles. The molecule has 0 spiro atoms. The molecule has 116 valence electrons. The number of hydrogen-bond donors (Lipinski definition) is 0. The summed E-state index contributed by atoms with van der Waals surface area (Å²) < 4.78 is 13.8. The number of amides is 1. The molecule has 0 radical (unpaired) electrons. The number of benzene rings is 1. The Labute approximate surface area is 126 Å². The minimum atomic E-state index is -0.194. The summed E-state index contributed by atoms with van der Waals surface area (Å²) in [4.78, 5) is 18.2. The number of nitrogens with zero attached hydrogens (tertiary/aromatic N) is 3. The van der Waals surface area contributed by atoms with Crippen molar-refractivity contribution in [1.29, 1.82) is 0 Å². The Morgan fingerprint density at radius 3 is 2.33 bits per heavy atom. The molecular formula is C16H24FN3O. The predicted octanol–water partition coefficient (Wildman–Crippen LogP) is 1.82. The average molecular weight is 293 g/mol. The molecule has 0 N–H and O–H groups in total. The van der Waals surface area contributed by atoms with Crippen molar-refractivity contribution >= 4 is 11.6 Å². The van der Waals surface area contributed by atoms with Gasteiger partial charge in [-0.3, -0.25) is 9.69 Å². The third-order valence-corrected chi connectivity index (χ3v) is 4.08. The minimum Gasteiger partial charge on any atom is -0.366 e. The van der Waals surface area contributed by atoms with Crippen LogP contribution in [0.1, 0.15) is 13.8 Å². The summed E-state index contributed by atoms with van der Waals surface area (Å²) in [6.45, 7) is 9.07. The summed E-state index contributed by atoms with van der Waals surface area (Å²) in [6.07, 6.45) is 0. The molecular weight excluding hydrogens is 269 g/mol. The summed E-state index contributed by atoms with van der Waals surface area (Å²) in [5, 5.41) is 0. The quantitative estimate of drug-likeness (QED) is 0.828. The normalized spacial score (nSPS) is 15.6. The average Bonchev–Trinajstić information content (AvgIpc) is 2.53. The number of carbonyl (C=O) groups excluding carboxylic acids is 1. The number of rotatable bonds is 5. The van der Waals surface area contributed by atoms with Crippen LogP contribution in [0.2, 0.25) is 0 Å². The van der Waals surface area contributed by atoms with E-state index < -0.39 is 0 Å². The van der Waals surface area contributed by atoms with E-state index in [1.54, 1.807) is 12.1 Å². The number of anilines is 1. The Hall–Kier alpha value is -1.62. The van der Waals surface area contributed by atoms with Crippen LogP contribution in [0.15, 0.2) is 24.3 Å². The highest BCUT2D eigenvalue weighted by Gasteiger charge is 2.23. The van der Waals surface area contributed by atoms with Crippen molar-refractivity contribution in [3.63, 3.8) is 0 Å². The van der Waals surface area contributed by atoms with Gasteiger partial charge in [0.15, 0.2) is 0 Å². The van der Waals surface area contributed by atoms with E-state index in [9.17, 15) is 9.18 Å². The molecule has 1 saturated heterocycles. The molecule has 5 heteroatoms. The van der Waals surface area contributed by atoms with Gasteiger partial charge in [0.05, 0.1) is 12.2 Å². The second kappa shape index (κ2) is 7.41. The fourth-order valence-corrected chi connectivity index (χ4v) is 2.64. The fourth-order valence-electron chi connectivity index (χ4n) is 2.64. The molecule has 1 amide bonds. The van der Waals surface area contributed by atoms with Crippen LogP contribution < -0.4 is 4.90 Å². The molecule has 0 atom stereocenters. The van der Waals surface area contributed by atoms with E-state index in [1.807, 2.05) is 15.9 Å². The largest absolute Gasteiger partial charge is 0.366 e. The number of likely N-dealkylation sites (N-methyl/N-ethyl adjacent to an activating group) is 1. The van der Waals surface area contributed by atoms with Gasteiger partial charge in [-0.05, 0) is 25.2 Å². The minimum absolute atomic E-state index is 0.173. The lowest BCUT2D eigenvalue weighted by molar-refractivity contribution is -0.132. The topological polar surface area (TPSA) is 26.8 Å². The van der Waals surface area contributed by atoms with Crippen LogP contribution in [0.3, 0.4) is 0 Å². The smallest absolute Gasteiger partial charge is 0.236 e. The molecule has 0 saturated carbocycles. The lowest BCUT2D eigenvalue weighted by Crippen LogP contribution is -2.51. The van der Waals surface area contributed by atoms with Crippen LogP contribution in [0.5, 0.6) is 0 Å². The van der Waals surface area contributed by atoms with Crippen LogP contribution >= 0.6 is 0 Å². The maximum atomic E-state index is 13.8. The first-order chi connectivity index (χ1) is 10.2. The van der Waals surface area contributed by atoms with Crippen molar-refractivity contribution in [2.24, 2.45) is 0 Å². The highest BCUT2D eigenvalue weighted by Crippen LogP contribution is 2.20. The van der Waals surface area contributed by atoms with E-state index >= 15 is 0 Å². The lowest BCUT2D eigenvalue weighted by Gasteiger charge is -2.37. The summed E-state index contributed by atoms with van der Waals surface area (Å²) in [5.41, 5.74) is 0.633. The zero-order chi connectivity index (χ0) is 15.2. The molecule has 1 aliphatic rings. The van der Waals surface area contributed by atoms with Crippen molar-refractivity contribution in [3.05, 3.63) is 30.1 Å². The molecule has 0 bridgehead atoms. The summed E-state index contributed by atoms with van der Waals surface area (Å²) in [6, 6.07) is 6.81. The number of para-hydroxylation sites is 1. The van der Waals surface area contributed by atoms with Crippen molar-refractivity contribution < 1.29 is 9.18 Å². The SMILES string of the molecule is CCN(CC)CC(=O)N1CCN(c2ccccc2F)CC1. The highest BCUT2D eigenvalue weighted by atomic mass is 19.1. The van der Waals surface area contributed by atoms with Crippen LogP contribution in [0.25, 0.3) is 0 Å². The molecule has 1 aliphatic heterocycles. The third kappa shape index (κ3) is 3.94. The summed E-state index contributed by atoms with van der Waals surface area (Å²) in [7, 11) is 0. The van der Waals surface area contributed by atoms with Gasteiger partial charge in [0.25, 0.3) is 0 Å². The second-order valence-electron chi connectivity index (χ2n) is 5.28. The van der Waals surface area contributed by atoms with E-state index in [4.69, 9.17) is 0 Å². The molecule has 2 rings (SSSR count). The maximum Gasteiger partial charge on any atom is 0.236 e. The Bertz CT molecular complexity index is 468. The van der Waals surface area contributed by atoms with E-state index in [1.165, 1.54) is 6.07 Å². The first-order valence-corrected chi connectivity index (χ1v) is 7.65. The van der Waals surface area contributed by atoms with Gasteiger partial charge >= 0.3 is 0 Å². The molecule has 21 heavy (non-hydrogen) atoms. The van der Waals surface area contributed by atoms with E-state index in [2.05, 4.69) is 18.7 Å². The maximum absolute atomic E-state index is 13.8. The van der Waals surface area contributed by atoms with Gasteiger partial charge in [0.2, 0.25) is 5.91 Å². The first-order valence-electron chi connectivity index (χ1n) is 7.65. The fraction of sp³-hybridized carbons (Fsp3) is 0.562. The van der Waals surface area contributed by atoms with Crippen LogP contribution in [0, 0.1) is 5.82 Å². The highest BCUT2D eigenvalue weighted by molar-refractivity contribution is 5.78. The Balaban J connectivity index is 1.88. The predicted molar refractivity (Wildman–Crippen MR) is 83.0 cm³/mol. The molecule has 0 aliphatic carbocycles. The van der Waals surface area contributed by atoms with Gasteiger partial charge in [0.1, 0.15) is 5.82 Å². The Morgan fingerprint density at radius 1 is 1.14 bits per heavy atom. The molecule has 1 aromatic carbocycles. The van der Waals surface area contributed by atoms with Gasteiger partial charge in [-0.1, -0.05) is 26.0 Å². The summed E-state index contributed by atoms with van der Waals surface area (Å²) in [5.74, 6) is -0.0210. The first kappa shape index (κ1) is 15.8. The number of carbonyl (C=O) groups is 1. The van der Waals surface area contributed by atoms with Crippen LogP contribution in [0.4, 0.5) is 10.1 Å². The molecule has 1 fully saturated rings. The van der Waals surface area contributed by atoms with E-state index in [0.29, 0.717) is 38.4 Å². The standard InChI is InChI=1S/C16H24FN3O/c1-3-18(4-2)13-16(21)20-11-9-19(10-12-20)15-8-6-5-7-14(15)17/h5-8H,3-4,9-13H2,1-2H3. The zero-order valence-corrected chi connectivity index (χ0v) is 12.9. The van der Waals surface area contributed by atoms with Gasteiger partial charge in [0, 0.05) is 26.2 Å². The van der Waals surface area contributed by atoms with Crippen molar-refractivity contribution in [2.45, 2.75) is 13.8 Å². The van der Waals surface area contributed by atoms with E-state index in [-0.39, 0.29) is 11.7 Å². The monoisotopic (exact) mass is 293 g/mol. The molecule has 4 nitrogen and oxygen atoms in total. The van der Waals surface area contributed by atoms with Crippen molar-refractivity contribution in [1.82, 2.24) is 9.80 Å². The van der Waals surface area contributed by atoms with Gasteiger partial charge < -0.3 is 9.80 Å². The summed E-state index contributed by atoms with van der Waals surface area (Å²) >= 11 is 0.